The smallest absolute Gasteiger partial charge is 0.262 e. The lowest BCUT2D eigenvalue weighted by Gasteiger charge is -2.26. The fourth-order valence-corrected chi connectivity index (χ4v) is 2.28. The topological polar surface area (TPSA) is 106 Å². The van der Waals surface area contributed by atoms with Gasteiger partial charge in [0.25, 0.3) is 11.8 Å². The van der Waals surface area contributed by atoms with Crippen LogP contribution in [0.2, 0.25) is 0 Å². The lowest BCUT2D eigenvalue weighted by Crippen LogP contribution is -2.50. The normalized spacial score (nSPS) is 15.8. The summed E-state index contributed by atoms with van der Waals surface area (Å²) in [5.41, 5.74) is 11.8. The summed E-state index contributed by atoms with van der Waals surface area (Å²) in [5, 5.41) is 0. The zero-order valence-electron chi connectivity index (χ0n) is 10.7. The molecule has 0 spiro atoms. The molecule has 0 saturated carbocycles. The lowest BCUT2D eigenvalue weighted by molar-refractivity contribution is -0.123. The number of anilines is 1. The fourth-order valence-electron chi connectivity index (χ4n) is 2.28. The molecule has 0 saturated heterocycles. The summed E-state index contributed by atoms with van der Waals surface area (Å²) < 4.78 is 0. The standard InChI is InChI=1S/C13H15N3O3/c1-6(2)10(11(15)17)16-12(18)8-4-3-7(14)5-9(8)13(16)19/h3-6,10H,14H2,1-2H3,(H2,15,17). The molecule has 0 aromatic heterocycles. The van der Waals surface area contributed by atoms with E-state index in [1.54, 1.807) is 19.9 Å². The van der Waals surface area contributed by atoms with Crippen molar-refractivity contribution in [3.8, 4) is 0 Å². The van der Waals surface area contributed by atoms with Crippen LogP contribution in [0.5, 0.6) is 0 Å². The number of hydrogen-bond donors (Lipinski definition) is 2. The highest BCUT2D eigenvalue weighted by Gasteiger charge is 2.43. The highest BCUT2D eigenvalue weighted by atomic mass is 16.2. The van der Waals surface area contributed by atoms with Gasteiger partial charge in [-0.15, -0.1) is 0 Å². The van der Waals surface area contributed by atoms with E-state index in [1.165, 1.54) is 12.1 Å². The molecule has 1 heterocycles. The molecule has 0 radical (unpaired) electrons. The fraction of sp³-hybridized carbons (Fsp3) is 0.308. The molecule has 0 aliphatic carbocycles. The Kier molecular flexibility index (Phi) is 3.01. The summed E-state index contributed by atoms with van der Waals surface area (Å²) in [5.74, 6) is -1.98. The van der Waals surface area contributed by atoms with Gasteiger partial charge in [-0.3, -0.25) is 19.3 Å². The first-order valence-electron chi connectivity index (χ1n) is 5.91. The van der Waals surface area contributed by atoms with Crippen LogP contribution in [0.15, 0.2) is 18.2 Å². The number of primary amides is 1. The number of imide groups is 1. The minimum Gasteiger partial charge on any atom is -0.399 e. The zero-order chi connectivity index (χ0) is 14.3. The SMILES string of the molecule is CC(C)C(C(N)=O)N1C(=O)c2ccc(N)cc2C1=O. The van der Waals surface area contributed by atoms with Gasteiger partial charge in [0.15, 0.2) is 0 Å². The Labute approximate surface area is 110 Å². The first kappa shape index (κ1) is 13.1. The molecule has 1 unspecified atom stereocenters. The molecule has 1 atom stereocenters. The molecule has 100 valence electrons. The third-order valence-electron chi connectivity index (χ3n) is 3.14. The molecule has 19 heavy (non-hydrogen) atoms. The highest BCUT2D eigenvalue weighted by Crippen LogP contribution is 2.28. The molecule has 1 aliphatic rings. The molecule has 1 aromatic rings. The maximum atomic E-state index is 12.3. The minimum absolute atomic E-state index is 0.219. The highest BCUT2D eigenvalue weighted by molar-refractivity contribution is 6.23. The lowest BCUT2D eigenvalue weighted by atomic mass is 10.0. The third kappa shape index (κ3) is 1.95. The van der Waals surface area contributed by atoms with E-state index in [9.17, 15) is 14.4 Å². The van der Waals surface area contributed by atoms with Crippen molar-refractivity contribution in [2.45, 2.75) is 19.9 Å². The number of benzene rings is 1. The van der Waals surface area contributed by atoms with Gasteiger partial charge in [-0.05, 0) is 24.1 Å². The van der Waals surface area contributed by atoms with Crippen molar-refractivity contribution in [1.82, 2.24) is 4.90 Å². The van der Waals surface area contributed by atoms with Crippen LogP contribution in [0.25, 0.3) is 0 Å². The molecule has 1 aromatic carbocycles. The predicted octanol–water partition coefficient (Wildman–Crippen LogP) is 0.375. The number of fused-ring (bicyclic) bond motifs is 1. The summed E-state index contributed by atoms with van der Waals surface area (Å²) in [6.07, 6.45) is 0. The number of nitrogens with two attached hydrogens (primary N) is 2. The van der Waals surface area contributed by atoms with Gasteiger partial charge in [0.1, 0.15) is 6.04 Å². The van der Waals surface area contributed by atoms with Gasteiger partial charge in [-0.2, -0.15) is 0 Å². The minimum atomic E-state index is -0.950. The Hall–Kier alpha value is -2.37. The molecule has 3 amide bonds. The van der Waals surface area contributed by atoms with Gasteiger partial charge in [-0.25, -0.2) is 0 Å². The monoisotopic (exact) mass is 261 g/mol. The van der Waals surface area contributed by atoms with Crippen LogP contribution in [-0.4, -0.2) is 28.7 Å². The van der Waals surface area contributed by atoms with E-state index in [1.807, 2.05) is 0 Å². The van der Waals surface area contributed by atoms with E-state index in [2.05, 4.69) is 0 Å². The van der Waals surface area contributed by atoms with Gasteiger partial charge < -0.3 is 11.5 Å². The Balaban J connectivity index is 2.50. The van der Waals surface area contributed by atoms with E-state index in [-0.39, 0.29) is 17.0 Å². The first-order valence-corrected chi connectivity index (χ1v) is 5.91. The van der Waals surface area contributed by atoms with Crippen molar-refractivity contribution in [2.75, 3.05) is 5.73 Å². The van der Waals surface area contributed by atoms with Crippen molar-refractivity contribution in [3.63, 3.8) is 0 Å². The molecule has 6 nitrogen and oxygen atoms in total. The van der Waals surface area contributed by atoms with Crippen LogP contribution in [0.1, 0.15) is 34.6 Å². The number of nitrogen functional groups attached to an aromatic ring is 1. The first-order chi connectivity index (χ1) is 8.84. The Bertz CT molecular complexity index is 580. The van der Waals surface area contributed by atoms with Crippen molar-refractivity contribution in [2.24, 2.45) is 11.7 Å². The molecule has 1 aliphatic heterocycles. The summed E-state index contributed by atoms with van der Waals surface area (Å²) in [6, 6.07) is 3.52. The van der Waals surface area contributed by atoms with Crippen LogP contribution in [0.3, 0.4) is 0 Å². The molecule has 4 N–H and O–H groups in total. The number of carbonyl (C=O) groups excluding carboxylic acids is 3. The summed E-state index contributed by atoms with van der Waals surface area (Å²) in [7, 11) is 0. The van der Waals surface area contributed by atoms with Gasteiger partial charge in [0, 0.05) is 5.69 Å². The van der Waals surface area contributed by atoms with Crippen molar-refractivity contribution >= 4 is 23.4 Å². The second kappa shape index (κ2) is 4.38. The maximum absolute atomic E-state index is 12.3. The van der Waals surface area contributed by atoms with Gasteiger partial charge in [-0.1, -0.05) is 13.8 Å². The van der Waals surface area contributed by atoms with E-state index >= 15 is 0 Å². The number of rotatable bonds is 3. The van der Waals surface area contributed by atoms with Gasteiger partial charge in [0.2, 0.25) is 5.91 Å². The van der Waals surface area contributed by atoms with Crippen molar-refractivity contribution < 1.29 is 14.4 Å². The second-order valence-electron chi connectivity index (χ2n) is 4.88. The van der Waals surface area contributed by atoms with Crippen LogP contribution < -0.4 is 11.5 Å². The largest absolute Gasteiger partial charge is 0.399 e. The Morgan fingerprint density at radius 3 is 2.26 bits per heavy atom. The van der Waals surface area contributed by atoms with Gasteiger partial charge in [0.05, 0.1) is 11.1 Å². The van der Waals surface area contributed by atoms with E-state index < -0.39 is 23.8 Å². The quantitative estimate of drug-likeness (QED) is 0.605. The average molecular weight is 261 g/mol. The van der Waals surface area contributed by atoms with Crippen molar-refractivity contribution in [3.05, 3.63) is 29.3 Å². The maximum Gasteiger partial charge on any atom is 0.262 e. The predicted molar refractivity (Wildman–Crippen MR) is 69.2 cm³/mol. The van der Waals surface area contributed by atoms with Gasteiger partial charge >= 0.3 is 0 Å². The number of amides is 3. The van der Waals surface area contributed by atoms with Crippen LogP contribution in [0, 0.1) is 5.92 Å². The summed E-state index contributed by atoms with van der Waals surface area (Å²) in [6.45, 7) is 3.46. The van der Waals surface area contributed by atoms with E-state index in [0.717, 1.165) is 4.90 Å². The zero-order valence-corrected chi connectivity index (χ0v) is 10.7. The van der Waals surface area contributed by atoms with Crippen LogP contribution >= 0.6 is 0 Å². The second-order valence-corrected chi connectivity index (χ2v) is 4.88. The van der Waals surface area contributed by atoms with Crippen molar-refractivity contribution in [1.29, 1.82) is 0 Å². The van der Waals surface area contributed by atoms with Crippen LogP contribution in [-0.2, 0) is 4.79 Å². The van der Waals surface area contributed by atoms with Crippen LogP contribution in [0.4, 0.5) is 5.69 Å². The van der Waals surface area contributed by atoms with E-state index in [4.69, 9.17) is 11.5 Å². The molecule has 2 rings (SSSR count). The Morgan fingerprint density at radius 2 is 1.74 bits per heavy atom. The molecular weight excluding hydrogens is 246 g/mol. The number of carbonyl (C=O) groups is 3. The Morgan fingerprint density at radius 1 is 1.16 bits per heavy atom. The number of hydrogen-bond acceptors (Lipinski definition) is 4. The molecule has 0 bridgehead atoms. The molecule has 0 fully saturated rings. The average Bonchev–Trinajstić information content (AvgIpc) is 2.53. The molecular formula is C13H15N3O3. The number of nitrogens with zero attached hydrogens (tertiary/aromatic N) is 1. The summed E-state index contributed by atoms with van der Waals surface area (Å²) >= 11 is 0. The third-order valence-corrected chi connectivity index (χ3v) is 3.14. The van der Waals surface area contributed by atoms with E-state index in [0.29, 0.717) is 5.69 Å². The molecule has 6 heteroatoms. The summed E-state index contributed by atoms with van der Waals surface area (Å²) in [4.78, 5) is 36.9.